The topological polar surface area (TPSA) is 97.4 Å². The van der Waals surface area contributed by atoms with Gasteiger partial charge >= 0.3 is 17.9 Å². The van der Waals surface area contributed by atoms with E-state index in [4.69, 9.17) is 23.7 Å². The molecule has 0 aliphatic heterocycles. The van der Waals surface area contributed by atoms with E-state index in [1.54, 1.807) is 31.4 Å². The van der Waals surface area contributed by atoms with Crippen LogP contribution in [0.5, 0.6) is 5.75 Å². The van der Waals surface area contributed by atoms with E-state index in [0.29, 0.717) is 11.3 Å². The molecule has 0 bridgehead atoms. The largest absolute Gasteiger partial charge is 0.490 e. The Kier molecular flexibility index (Phi) is 9.77. The second-order valence-electron chi connectivity index (χ2n) is 6.97. The molecule has 1 aromatic rings. The first-order valence-corrected chi connectivity index (χ1v) is 10.0. The number of benzene rings is 1. The van der Waals surface area contributed by atoms with Gasteiger partial charge in [-0.3, -0.25) is 0 Å². The predicted octanol–water partition coefficient (Wildman–Crippen LogP) is 3.01. The maximum Gasteiger partial charge on any atom is 0.338 e. The van der Waals surface area contributed by atoms with Crippen molar-refractivity contribution >= 4 is 17.9 Å². The molecule has 0 radical (unpaired) electrons. The molecule has 0 heterocycles. The normalized spacial score (nSPS) is 18.9. The van der Waals surface area contributed by atoms with Crippen molar-refractivity contribution in [3.8, 4) is 5.75 Å². The number of esters is 3. The zero-order valence-corrected chi connectivity index (χ0v) is 17.6. The van der Waals surface area contributed by atoms with Crippen molar-refractivity contribution < 1.29 is 38.1 Å². The van der Waals surface area contributed by atoms with Crippen molar-refractivity contribution in [1.29, 1.82) is 0 Å². The Bertz CT molecular complexity index is 762. The van der Waals surface area contributed by atoms with Crippen LogP contribution in [0.4, 0.5) is 0 Å². The van der Waals surface area contributed by atoms with E-state index in [0.717, 1.165) is 37.8 Å². The van der Waals surface area contributed by atoms with E-state index in [2.05, 4.69) is 13.2 Å². The number of hydrogen-bond acceptors (Lipinski definition) is 8. The maximum atomic E-state index is 12.4. The van der Waals surface area contributed by atoms with Gasteiger partial charge < -0.3 is 23.7 Å². The highest BCUT2D eigenvalue weighted by Gasteiger charge is 2.24. The van der Waals surface area contributed by atoms with Crippen LogP contribution >= 0.6 is 0 Å². The van der Waals surface area contributed by atoms with E-state index in [-0.39, 0.29) is 31.4 Å². The molecule has 31 heavy (non-hydrogen) atoms. The minimum atomic E-state index is -0.832. The highest BCUT2D eigenvalue weighted by molar-refractivity contribution is 5.89. The van der Waals surface area contributed by atoms with Crippen LogP contribution in [0.25, 0.3) is 0 Å². The molecule has 0 saturated heterocycles. The summed E-state index contributed by atoms with van der Waals surface area (Å²) in [6.07, 6.45) is 4.64. The fraction of sp³-hybridized carbons (Fsp3) is 0.435. The summed E-state index contributed by atoms with van der Waals surface area (Å²) < 4.78 is 26.5. The van der Waals surface area contributed by atoms with Gasteiger partial charge in [-0.05, 0) is 49.9 Å². The van der Waals surface area contributed by atoms with Gasteiger partial charge in [0, 0.05) is 19.3 Å². The summed E-state index contributed by atoms with van der Waals surface area (Å²) in [4.78, 5) is 35.0. The summed E-state index contributed by atoms with van der Waals surface area (Å²) in [7, 11) is 1.69. The van der Waals surface area contributed by atoms with E-state index >= 15 is 0 Å². The Hall–Kier alpha value is -3.13. The Labute approximate surface area is 181 Å². The first-order valence-electron chi connectivity index (χ1n) is 10.0. The van der Waals surface area contributed by atoms with Crippen LogP contribution in [0.3, 0.4) is 0 Å². The minimum absolute atomic E-state index is 0.0590. The number of ether oxygens (including phenoxy) is 5. The summed E-state index contributed by atoms with van der Waals surface area (Å²) in [5.74, 6) is -1.24. The van der Waals surface area contributed by atoms with Crippen LogP contribution in [-0.2, 0) is 28.5 Å². The molecule has 1 aliphatic carbocycles. The molecule has 168 valence electrons. The van der Waals surface area contributed by atoms with Crippen molar-refractivity contribution in [2.75, 3.05) is 20.3 Å². The average Bonchev–Trinajstić information content (AvgIpc) is 2.81. The van der Waals surface area contributed by atoms with E-state index < -0.39 is 18.0 Å². The quantitative estimate of drug-likeness (QED) is 0.299. The van der Waals surface area contributed by atoms with Crippen LogP contribution in [-0.4, -0.2) is 56.5 Å². The summed E-state index contributed by atoms with van der Waals surface area (Å²) in [6.45, 7) is 6.38. The Morgan fingerprint density at radius 2 is 1.58 bits per heavy atom. The molecular weight excluding hydrogens is 404 g/mol. The van der Waals surface area contributed by atoms with Crippen molar-refractivity contribution in [3.63, 3.8) is 0 Å². The molecule has 8 nitrogen and oxygen atoms in total. The van der Waals surface area contributed by atoms with E-state index in [9.17, 15) is 14.4 Å². The Balaban J connectivity index is 1.85. The average molecular weight is 432 g/mol. The smallest absolute Gasteiger partial charge is 0.338 e. The predicted molar refractivity (Wildman–Crippen MR) is 112 cm³/mol. The zero-order valence-electron chi connectivity index (χ0n) is 17.6. The first kappa shape index (κ1) is 24.1. The molecule has 1 saturated carbocycles. The molecule has 0 spiro atoms. The number of rotatable bonds is 11. The lowest BCUT2D eigenvalue weighted by molar-refractivity contribution is -0.154. The molecular formula is C23H28O8. The second-order valence-corrected chi connectivity index (χ2v) is 6.97. The van der Waals surface area contributed by atoms with Gasteiger partial charge in [0.1, 0.15) is 25.1 Å². The van der Waals surface area contributed by atoms with Crippen molar-refractivity contribution in [1.82, 2.24) is 0 Å². The molecule has 1 aromatic carbocycles. The van der Waals surface area contributed by atoms with Crippen molar-refractivity contribution in [2.24, 2.45) is 0 Å². The van der Waals surface area contributed by atoms with Gasteiger partial charge in [0.15, 0.2) is 6.10 Å². The number of methoxy groups -OCH3 is 1. The van der Waals surface area contributed by atoms with Gasteiger partial charge in [0.25, 0.3) is 0 Å². The molecule has 2 rings (SSSR count). The van der Waals surface area contributed by atoms with Crippen LogP contribution < -0.4 is 4.74 Å². The first-order chi connectivity index (χ1) is 14.9. The summed E-state index contributed by atoms with van der Waals surface area (Å²) in [5, 5.41) is 0. The van der Waals surface area contributed by atoms with Crippen LogP contribution in [0, 0.1) is 0 Å². The van der Waals surface area contributed by atoms with Crippen LogP contribution in [0.1, 0.15) is 36.0 Å². The molecule has 1 aliphatic rings. The van der Waals surface area contributed by atoms with Crippen LogP contribution in [0.2, 0.25) is 0 Å². The molecule has 0 aromatic heterocycles. The Morgan fingerprint density at radius 3 is 2.16 bits per heavy atom. The lowest BCUT2D eigenvalue weighted by Gasteiger charge is -2.27. The van der Waals surface area contributed by atoms with Gasteiger partial charge in [0.05, 0.1) is 11.7 Å². The van der Waals surface area contributed by atoms with Crippen molar-refractivity contribution in [2.45, 2.75) is 44.0 Å². The summed E-state index contributed by atoms with van der Waals surface area (Å²) in [5.41, 5.74) is 0.413. The number of carbonyl (C=O) groups is 3. The molecule has 8 heteroatoms. The highest BCUT2D eigenvalue weighted by Crippen LogP contribution is 2.24. The second kappa shape index (κ2) is 12.5. The number of hydrogen-bond donors (Lipinski definition) is 0. The fourth-order valence-corrected chi connectivity index (χ4v) is 3.04. The third-order valence-corrected chi connectivity index (χ3v) is 4.78. The lowest BCUT2D eigenvalue weighted by atomic mass is 9.95. The molecule has 0 amide bonds. The monoisotopic (exact) mass is 432 g/mol. The standard InChI is InChI=1S/C23H28O8/c1-4-21(24)29-15-20(30-22(25)5-2)14-28-18-8-6-16(7-9-18)23(26)31-19-12-10-17(27-3)11-13-19/h4-9,17,19-20H,1-2,10-15H2,3H3. The minimum Gasteiger partial charge on any atom is -0.490 e. The van der Waals surface area contributed by atoms with E-state index in [1.807, 2.05) is 0 Å². The zero-order chi connectivity index (χ0) is 22.6. The van der Waals surface area contributed by atoms with Gasteiger partial charge in [-0.15, -0.1) is 0 Å². The maximum absolute atomic E-state index is 12.4. The van der Waals surface area contributed by atoms with Gasteiger partial charge in [-0.2, -0.15) is 0 Å². The molecule has 1 fully saturated rings. The summed E-state index contributed by atoms with van der Waals surface area (Å²) in [6, 6.07) is 6.42. The number of carbonyl (C=O) groups excluding carboxylic acids is 3. The molecule has 1 atom stereocenters. The molecule has 1 unspecified atom stereocenters. The summed E-state index contributed by atoms with van der Waals surface area (Å²) >= 11 is 0. The van der Waals surface area contributed by atoms with Crippen molar-refractivity contribution in [3.05, 3.63) is 55.1 Å². The van der Waals surface area contributed by atoms with Crippen LogP contribution in [0.15, 0.2) is 49.6 Å². The van der Waals surface area contributed by atoms with E-state index in [1.165, 1.54) is 0 Å². The third-order valence-electron chi connectivity index (χ3n) is 4.78. The molecule has 0 N–H and O–H groups in total. The van der Waals surface area contributed by atoms with Gasteiger partial charge in [-0.25, -0.2) is 14.4 Å². The highest BCUT2D eigenvalue weighted by atomic mass is 16.6. The SMILES string of the molecule is C=CC(=O)OCC(COc1ccc(C(=O)OC2CCC(OC)CC2)cc1)OC(=O)C=C. The van der Waals surface area contributed by atoms with Gasteiger partial charge in [-0.1, -0.05) is 13.2 Å². The third kappa shape index (κ3) is 8.25. The lowest BCUT2D eigenvalue weighted by Crippen LogP contribution is -2.30. The fourth-order valence-electron chi connectivity index (χ4n) is 3.04. The Morgan fingerprint density at radius 1 is 0.968 bits per heavy atom. The van der Waals surface area contributed by atoms with Gasteiger partial charge in [0.2, 0.25) is 0 Å².